The number of rotatable bonds is 6. The Morgan fingerprint density at radius 1 is 1.41 bits per heavy atom. The van der Waals surface area contributed by atoms with Gasteiger partial charge >= 0.3 is 0 Å². The van der Waals surface area contributed by atoms with Crippen LogP contribution < -0.4 is 10.6 Å². The smallest absolute Gasteiger partial charge is 0.221 e. The molecule has 22 heavy (non-hydrogen) atoms. The number of amides is 1. The van der Waals surface area contributed by atoms with Gasteiger partial charge in [-0.25, -0.2) is 0 Å². The van der Waals surface area contributed by atoms with Gasteiger partial charge in [-0.1, -0.05) is 51.1 Å². The maximum absolute atomic E-state index is 12.4. The molecule has 2 unspecified atom stereocenters. The number of hydrogen-bond acceptors (Lipinski definition) is 3. The predicted octanol–water partition coefficient (Wildman–Crippen LogP) is 2.95. The van der Waals surface area contributed by atoms with E-state index in [1.165, 1.54) is 5.56 Å². The van der Waals surface area contributed by atoms with Crippen molar-refractivity contribution >= 4 is 17.7 Å². The van der Waals surface area contributed by atoms with Crippen LogP contribution in [0.3, 0.4) is 0 Å². The summed E-state index contributed by atoms with van der Waals surface area (Å²) >= 11 is 1.93. The quantitative estimate of drug-likeness (QED) is 0.847. The van der Waals surface area contributed by atoms with Crippen LogP contribution in [-0.2, 0) is 10.2 Å². The molecule has 0 saturated carbocycles. The lowest BCUT2D eigenvalue weighted by molar-refractivity contribution is -0.122. The molecule has 0 aromatic heterocycles. The fourth-order valence-electron chi connectivity index (χ4n) is 3.09. The molecule has 122 valence electrons. The van der Waals surface area contributed by atoms with Crippen LogP contribution in [-0.4, -0.2) is 36.0 Å². The molecule has 0 bridgehead atoms. The second-order valence-electron chi connectivity index (χ2n) is 6.55. The van der Waals surface area contributed by atoms with Gasteiger partial charge in [-0.05, 0) is 12.0 Å². The Balaban J connectivity index is 1.97. The molecule has 2 atom stereocenters. The molecule has 0 aliphatic carbocycles. The van der Waals surface area contributed by atoms with Crippen molar-refractivity contribution in [1.29, 1.82) is 0 Å². The van der Waals surface area contributed by atoms with Crippen LogP contribution >= 0.6 is 11.8 Å². The minimum absolute atomic E-state index is 0.0690. The maximum Gasteiger partial charge on any atom is 0.221 e. The lowest BCUT2D eigenvalue weighted by Gasteiger charge is -2.35. The predicted molar refractivity (Wildman–Crippen MR) is 95.4 cm³/mol. The van der Waals surface area contributed by atoms with Crippen molar-refractivity contribution in [3.05, 3.63) is 35.9 Å². The maximum atomic E-state index is 12.4. The molecule has 1 aliphatic rings. The highest BCUT2D eigenvalue weighted by atomic mass is 32.2. The lowest BCUT2D eigenvalue weighted by Crippen LogP contribution is -2.49. The van der Waals surface area contributed by atoms with Gasteiger partial charge in [-0.2, -0.15) is 11.8 Å². The summed E-state index contributed by atoms with van der Waals surface area (Å²) in [4.78, 5) is 12.4. The molecule has 2 rings (SSSR count). The zero-order valence-corrected chi connectivity index (χ0v) is 14.7. The Bertz CT molecular complexity index is 469. The Morgan fingerprint density at radius 3 is 2.73 bits per heavy atom. The fraction of sp³-hybridized carbons (Fsp3) is 0.611. The molecule has 1 heterocycles. The van der Waals surface area contributed by atoms with Crippen molar-refractivity contribution in [2.75, 3.05) is 18.1 Å². The molecule has 4 heteroatoms. The first-order valence-electron chi connectivity index (χ1n) is 8.20. The van der Waals surface area contributed by atoms with E-state index in [1.54, 1.807) is 0 Å². The number of nitrogens with one attached hydrogen (secondary N) is 2. The molecular formula is C18H28N2OS. The Labute approximate surface area is 138 Å². The Kier molecular flexibility index (Phi) is 6.33. The van der Waals surface area contributed by atoms with E-state index >= 15 is 0 Å². The number of thioether (sulfide) groups is 1. The van der Waals surface area contributed by atoms with Gasteiger partial charge in [-0.3, -0.25) is 4.79 Å². The van der Waals surface area contributed by atoms with Crippen molar-refractivity contribution in [2.24, 2.45) is 0 Å². The first-order chi connectivity index (χ1) is 10.5. The Morgan fingerprint density at radius 2 is 2.14 bits per heavy atom. The van der Waals surface area contributed by atoms with Crippen LogP contribution in [0.4, 0.5) is 0 Å². The lowest BCUT2D eigenvalue weighted by atomic mass is 9.76. The highest BCUT2D eigenvalue weighted by molar-refractivity contribution is 7.99. The average molecular weight is 321 g/mol. The van der Waals surface area contributed by atoms with Crippen LogP contribution in [0.1, 0.15) is 39.2 Å². The summed E-state index contributed by atoms with van der Waals surface area (Å²) in [5, 5.41) is 6.69. The van der Waals surface area contributed by atoms with Gasteiger partial charge in [-0.15, -0.1) is 0 Å². The SMILES string of the molecule is CCC(NC(=O)CC1CSCCN1)C(C)(C)c1ccccc1. The van der Waals surface area contributed by atoms with Crippen LogP contribution in [0.5, 0.6) is 0 Å². The van der Waals surface area contributed by atoms with E-state index < -0.39 is 0 Å². The number of hydrogen-bond donors (Lipinski definition) is 2. The normalized spacial score (nSPS) is 20.4. The van der Waals surface area contributed by atoms with E-state index in [2.05, 4.69) is 55.7 Å². The second-order valence-corrected chi connectivity index (χ2v) is 7.70. The van der Waals surface area contributed by atoms with E-state index in [-0.39, 0.29) is 17.4 Å². The van der Waals surface area contributed by atoms with Gasteiger partial charge in [0, 0.05) is 42.0 Å². The monoisotopic (exact) mass is 320 g/mol. The number of benzene rings is 1. The first kappa shape index (κ1) is 17.4. The van der Waals surface area contributed by atoms with Crippen molar-refractivity contribution in [3.8, 4) is 0 Å². The van der Waals surface area contributed by atoms with Crippen LogP contribution in [0.15, 0.2) is 30.3 Å². The first-order valence-corrected chi connectivity index (χ1v) is 9.35. The van der Waals surface area contributed by atoms with Gasteiger partial charge in [0.25, 0.3) is 0 Å². The van der Waals surface area contributed by atoms with Crippen molar-refractivity contribution in [1.82, 2.24) is 10.6 Å². The number of carbonyl (C=O) groups excluding carboxylic acids is 1. The zero-order chi connectivity index (χ0) is 16.0. The van der Waals surface area contributed by atoms with E-state index in [9.17, 15) is 4.79 Å². The summed E-state index contributed by atoms with van der Waals surface area (Å²) in [5.74, 6) is 2.35. The molecular weight excluding hydrogens is 292 g/mol. The van der Waals surface area contributed by atoms with Crippen LogP contribution in [0.2, 0.25) is 0 Å². The average Bonchev–Trinajstić information content (AvgIpc) is 2.54. The van der Waals surface area contributed by atoms with Gasteiger partial charge in [0.2, 0.25) is 5.91 Å². The molecule has 3 nitrogen and oxygen atoms in total. The second kappa shape index (κ2) is 8.02. The molecule has 1 amide bonds. The molecule has 1 saturated heterocycles. The summed E-state index contributed by atoms with van der Waals surface area (Å²) in [6, 6.07) is 10.9. The largest absolute Gasteiger partial charge is 0.352 e. The van der Waals surface area contributed by atoms with Gasteiger partial charge < -0.3 is 10.6 Å². The summed E-state index contributed by atoms with van der Waals surface area (Å²) in [7, 11) is 0. The molecule has 1 aliphatic heterocycles. The van der Waals surface area contributed by atoms with Crippen molar-refractivity contribution in [3.63, 3.8) is 0 Å². The summed E-state index contributed by atoms with van der Waals surface area (Å²) in [6.45, 7) is 7.58. The molecule has 0 spiro atoms. The molecule has 1 fully saturated rings. The third-order valence-electron chi connectivity index (χ3n) is 4.56. The third-order valence-corrected chi connectivity index (χ3v) is 5.69. The Hall–Kier alpha value is -1.00. The molecule has 0 radical (unpaired) electrons. The summed E-state index contributed by atoms with van der Waals surface area (Å²) in [5.41, 5.74) is 1.20. The highest BCUT2D eigenvalue weighted by Crippen LogP contribution is 2.28. The zero-order valence-electron chi connectivity index (χ0n) is 13.9. The number of carbonyl (C=O) groups is 1. The topological polar surface area (TPSA) is 41.1 Å². The van der Waals surface area contributed by atoms with Gasteiger partial charge in [0.05, 0.1) is 0 Å². The molecule has 2 N–H and O–H groups in total. The van der Waals surface area contributed by atoms with E-state index in [0.717, 1.165) is 24.5 Å². The van der Waals surface area contributed by atoms with Crippen molar-refractivity contribution < 1.29 is 4.79 Å². The van der Waals surface area contributed by atoms with E-state index in [1.807, 2.05) is 17.8 Å². The van der Waals surface area contributed by atoms with Gasteiger partial charge in [0.1, 0.15) is 0 Å². The standard InChI is InChI=1S/C18H28N2OS/c1-4-16(18(2,3)14-8-6-5-7-9-14)20-17(21)12-15-13-22-11-10-19-15/h5-9,15-16,19H,4,10-13H2,1-3H3,(H,20,21). The minimum Gasteiger partial charge on any atom is -0.352 e. The third kappa shape index (κ3) is 4.50. The van der Waals surface area contributed by atoms with Crippen molar-refractivity contribution in [2.45, 2.75) is 51.1 Å². The van der Waals surface area contributed by atoms with E-state index in [0.29, 0.717) is 12.5 Å². The van der Waals surface area contributed by atoms with Crippen LogP contribution in [0.25, 0.3) is 0 Å². The minimum atomic E-state index is -0.0690. The highest BCUT2D eigenvalue weighted by Gasteiger charge is 2.31. The van der Waals surface area contributed by atoms with E-state index in [4.69, 9.17) is 0 Å². The molecule has 1 aromatic rings. The summed E-state index contributed by atoms with van der Waals surface area (Å²) < 4.78 is 0. The van der Waals surface area contributed by atoms with Gasteiger partial charge in [0.15, 0.2) is 0 Å². The fourth-order valence-corrected chi connectivity index (χ4v) is 4.04. The molecule has 1 aromatic carbocycles. The summed E-state index contributed by atoms with van der Waals surface area (Å²) in [6.07, 6.45) is 1.51. The van der Waals surface area contributed by atoms with Crippen LogP contribution in [0, 0.1) is 0 Å².